The molecule has 0 spiro atoms. The Morgan fingerprint density at radius 3 is 2.83 bits per heavy atom. The Hall–Kier alpha value is -2.65. The van der Waals surface area contributed by atoms with E-state index in [1.807, 2.05) is 41.8 Å². The number of hydrogen-bond donors (Lipinski definition) is 1. The first kappa shape index (κ1) is 19.7. The molecular weight excluding hydrogens is 459 g/mol. The molecule has 0 aliphatic rings. The van der Waals surface area contributed by atoms with Gasteiger partial charge in [0.2, 0.25) is 11.7 Å². The molecule has 0 aliphatic heterocycles. The van der Waals surface area contributed by atoms with Gasteiger partial charge in [-0.15, -0.1) is 10.2 Å². The van der Waals surface area contributed by atoms with E-state index < -0.39 is 5.82 Å². The van der Waals surface area contributed by atoms with Gasteiger partial charge < -0.3 is 9.73 Å². The third-order valence-corrected chi connectivity index (χ3v) is 5.68. The highest BCUT2D eigenvalue weighted by molar-refractivity contribution is 9.10. The van der Waals surface area contributed by atoms with E-state index in [1.54, 1.807) is 6.07 Å². The molecule has 0 bridgehead atoms. The molecule has 2 heterocycles. The van der Waals surface area contributed by atoms with Crippen LogP contribution in [-0.4, -0.2) is 26.4 Å². The summed E-state index contributed by atoms with van der Waals surface area (Å²) in [5.41, 5.74) is 0.914. The number of furan rings is 1. The number of carbonyl (C=O) groups is 1. The van der Waals surface area contributed by atoms with Crippen LogP contribution in [0.15, 0.2) is 62.6 Å². The Morgan fingerprint density at radius 2 is 2.07 bits per heavy atom. The van der Waals surface area contributed by atoms with E-state index in [9.17, 15) is 9.18 Å². The average Bonchev–Trinajstić information content (AvgIpc) is 3.31. The maximum absolute atomic E-state index is 13.9. The largest absolute Gasteiger partial charge is 0.453 e. The Labute approximate surface area is 178 Å². The van der Waals surface area contributed by atoms with Gasteiger partial charge in [0, 0.05) is 16.4 Å². The lowest BCUT2D eigenvalue weighted by Crippen LogP contribution is -2.15. The highest BCUT2D eigenvalue weighted by Gasteiger charge is 2.18. The first-order chi connectivity index (χ1) is 14.0. The highest BCUT2D eigenvalue weighted by Crippen LogP contribution is 2.29. The van der Waals surface area contributed by atoms with Crippen molar-refractivity contribution < 1.29 is 13.6 Å². The van der Waals surface area contributed by atoms with Gasteiger partial charge in [-0.25, -0.2) is 4.39 Å². The minimum absolute atomic E-state index is 0.0772. The lowest BCUT2D eigenvalue weighted by molar-refractivity contribution is -0.113. The summed E-state index contributed by atoms with van der Waals surface area (Å²) in [4.78, 5) is 12.2. The molecule has 4 rings (SSSR count). The number of nitrogens with one attached hydrogen (secondary N) is 1. The molecule has 9 heteroatoms. The predicted molar refractivity (Wildman–Crippen MR) is 114 cm³/mol. The summed E-state index contributed by atoms with van der Waals surface area (Å²) in [6, 6.07) is 14.1. The number of fused-ring (bicyclic) bond motifs is 1. The maximum Gasteiger partial charge on any atom is 0.234 e. The molecule has 1 N–H and O–H groups in total. The molecule has 4 aromatic rings. The molecule has 148 valence electrons. The summed E-state index contributed by atoms with van der Waals surface area (Å²) < 4.78 is 22.3. The molecule has 0 fully saturated rings. The minimum atomic E-state index is -0.498. The fraction of sp³-hybridized carbons (Fsp3) is 0.150. The Balaban J connectivity index is 1.48. The Morgan fingerprint density at radius 1 is 1.24 bits per heavy atom. The van der Waals surface area contributed by atoms with Gasteiger partial charge in [0.05, 0.1) is 11.4 Å². The van der Waals surface area contributed by atoms with E-state index in [2.05, 4.69) is 31.4 Å². The second-order valence-electron chi connectivity index (χ2n) is 6.16. The number of halogens is 2. The molecular formula is C20H16BrFN4O2S. The normalized spacial score (nSPS) is 11.1. The van der Waals surface area contributed by atoms with Gasteiger partial charge in [-0.2, -0.15) is 0 Å². The van der Waals surface area contributed by atoms with Crippen molar-refractivity contribution in [3.63, 3.8) is 0 Å². The Kier molecular flexibility index (Phi) is 5.68. The van der Waals surface area contributed by atoms with Crippen LogP contribution in [0.1, 0.15) is 6.92 Å². The molecule has 0 atom stereocenters. The molecule has 6 nitrogen and oxygen atoms in total. The SMILES string of the molecule is CCn1c(SCC(=O)Nc2ccc(Br)cc2F)nnc1-c1cc2ccccc2o1. The van der Waals surface area contributed by atoms with Crippen molar-refractivity contribution in [3.05, 3.63) is 58.8 Å². The standard InChI is InChI=1S/C20H16BrFN4O2S/c1-2-26-19(17-9-12-5-3-4-6-16(12)28-17)24-25-20(26)29-11-18(27)23-15-8-7-13(21)10-14(15)22/h3-10H,2,11H2,1H3,(H,23,27). The number of aromatic nitrogens is 3. The number of nitrogens with zero attached hydrogens (tertiary/aromatic N) is 3. The molecule has 29 heavy (non-hydrogen) atoms. The summed E-state index contributed by atoms with van der Waals surface area (Å²) in [6.07, 6.45) is 0. The second kappa shape index (κ2) is 8.38. The molecule has 2 aromatic heterocycles. The highest BCUT2D eigenvalue weighted by atomic mass is 79.9. The number of para-hydroxylation sites is 1. The zero-order chi connectivity index (χ0) is 20.4. The average molecular weight is 475 g/mol. The molecule has 0 aliphatic carbocycles. The van der Waals surface area contributed by atoms with Gasteiger partial charge in [0.25, 0.3) is 0 Å². The van der Waals surface area contributed by atoms with E-state index in [0.29, 0.717) is 27.8 Å². The fourth-order valence-electron chi connectivity index (χ4n) is 2.86. The van der Waals surface area contributed by atoms with Crippen LogP contribution in [0, 0.1) is 5.82 Å². The number of anilines is 1. The van der Waals surface area contributed by atoms with Gasteiger partial charge in [-0.1, -0.05) is 45.9 Å². The zero-order valence-electron chi connectivity index (χ0n) is 15.4. The third-order valence-electron chi connectivity index (χ3n) is 4.22. The van der Waals surface area contributed by atoms with E-state index in [1.165, 1.54) is 23.9 Å². The predicted octanol–water partition coefficient (Wildman–Crippen LogP) is 5.34. The van der Waals surface area contributed by atoms with Gasteiger partial charge in [-0.05, 0) is 37.3 Å². The van der Waals surface area contributed by atoms with Crippen molar-refractivity contribution >= 4 is 50.3 Å². The maximum atomic E-state index is 13.9. The smallest absolute Gasteiger partial charge is 0.234 e. The fourth-order valence-corrected chi connectivity index (χ4v) is 4.00. The summed E-state index contributed by atoms with van der Waals surface area (Å²) in [6.45, 7) is 2.58. The van der Waals surface area contributed by atoms with Crippen LogP contribution in [-0.2, 0) is 11.3 Å². The van der Waals surface area contributed by atoms with E-state index in [0.717, 1.165) is 11.0 Å². The first-order valence-corrected chi connectivity index (χ1v) is 10.6. The summed E-state index contributed by atoms with van der Waals surface area (Å²) in [7, 11) is 0. The first-order valence-electron chi connectivity index (χ1n) is 8.85. The number of benzene rings is 2. The quantitative estimate of drug-likeness (QED) is 0.381. The van der Waals surface area contributed by atoms with Crippen LogP contribution in [0.5, 0.6) is 0 Å². The van der Waals surface area contributed by atoms with Gasteiger partial charge >= 0.3 is 0 Å². The van der Waals surface area contributed by atoms with Crippen molar-refractivity contribution in [2.75, 3.05) is 11.1 Å². The van der Waals surface area contributed by atoms with E-state index >= 15 is 0 Å². The monoisotopic (exact) mass is 474 g/mol. The van der Waals surface area contributed by atoms with Crippen molar-refractivity contribution in [3.8, 4) is 11.6 Å². The number of amides is 1. The molecule has 1 amide bonds. The van der Waals surface area contributed by atoms with Crippen molar-refractivity contribution in [1.29, 1.82) is 0 Å². The molecule has 0 unspecified atom stereocenters. The third kappa shape index (κ3) is 4.20. The van der Waals surface area contributed by atoms with Gasteiger partial charge in [0.1, 0.15) is 11.4 Å². The summed E-state index contributed by atoms with van der Waals surface area (Å²) in [5.74, 6) is 0.474. The van der Waals surface area contributed by atoms with Crippen LogP contribution >= 0.6 is 27.7 Å². The van der Waals surface area contributed by atoms with Crippen LogP contribution < -0.4 is 5.32 Å². The topological polar surface area (TPSA) is 73.0 Å². The van der Waals surface area contributed by atoms with E-state index in [4.69, 9.17) is 4.42 Å². The number of carbonyl (C=O) groups excluding carboxylic acids is 1. The van der Waals surface area contributed by atoms with Crippen LogP contribution in [0.3, 0.4) is 0 Å². The van der Waals surface area contributed by atoms with Crippen LogP contribution in [0.2, 0.25) is 0 Å². The molecule has 2 aromatic carbocycles. The van der Waals surface area contributed by atoms with Crippen molar-refractivity contribution in [1.82, 2.24) is 14.8 Å². The van der Waals surface area contributed by atoms with Gasteiger partial charge in [-0.3, -0.25) is 9.36 Å². The lowest BCUT2D eigenvalue weighted by Gasteiger charge is -2.07. The molecule has 0 saturated heterocycles. The van der Waals surface area contributed by atoms with Gasteiger partial charge in [0.15, 0.2) is 10.9 Å². The molecule has 0 radical (unpaired) electrons. The second-order valence-corrected chi connectivity index (χ2v) is 8.02. The van der Waals surface area contributed by atoms with Crippen molar-refractivity contribution in [2.24, 2.45) is 0 Å². The lowest BCUT2D eigenvalue weighted by atomic mass is 10.2. The number of rotatable bonds is 6. The van der Waals surface area contributed by atoms with E-state index in [-0.39, 0.29) is 17.3 Å². The Bertz CT molecular complexity index is 1160. The number of hydrogen-bond acceptors (Lipinski definition) is 5. The van der Waals surface area contributed by atoms with Crippen LogP contribution in [0.4, 0.5) is 10.1 Å². The zero-order valence-corrected chi connectivity index (χ0v) is 17.8. The van der Waals surface area contributed by atoms with Crippen molar-refractivity contribution in [2.45, 2.75) is 18.6 Å². The summed E-state index contributed by atoms with van der Waals surface area (Å²) >= 11 is 4.42. The number of thioether (sulfide) groups is 1. The summed E-state index contributed by atoms with van der Waals surface area (Å²) in [5, 5.41) is 12.6. The minimum Gasteiger partial charge on any atom is -0.453 e. The van der Waals surface area contributed by atoms with Crippen LogP contribution in [0.25, 0.3) is 22.6 Å². The molecule has 0 saturated carbocycles.